The Morgan fingerprint density at radius 2 is 2.29 bits per heavy atom. The molecule has 3 nitrogen and oxygen atoms in total. The summed E-state index contributed by atoms with van der Waals surface area (Å²) in [5.74, 6) is 0.751. The summed E-state index contributed by atoms with van der Waals surface area (Å²) in [6.07, 6.45) is 5.53. The molecule has 78 valence electrons. The molecule has 1 aromatic heterocycles. The van der Waals surface area contributed by atoms with Crippen molar-refractivity contribution >= 4 is 0 Å². The highest BCUT2D eigenvalue weighted by atomic mass is 16.3. The molecule has 2 rings (SSSR count). The van der Waals surface area contributed by atoms with E-state index in [-0.39, 0.29) is 6.61 Å². The minimum absolute atomic E-state index is 0.263. The molecule has 1 unspecified atom stereocenters. The van der Waals surface area contributed by atoms with Gasteiger partial charge in [-0.2, -0.15) is 5.10 Å². The van der Waals surface area contributed by atoms with Crippen molar-refractivity contribution in [2.45, 2.75) is 39.2 Å². The van der Waals surface area contributed by atoms with Crippen LogP contribution in [0.2, 0.25) is 0 Å². The number of hydrogen-bond acceptors (Lipinski definition) is 2. The Morgan fingerprint density at radius 1 is 1.57 bits per heavy atom. The summed E-state index contributed by atoms with van der Waals surface area (Å²) >= 11 is 0. The Labute approximate surface area is 84.7 Å². The zero-order chi connectivity index (χ0) is 10.1. The van der Waals surface area contributed by atoms with Crippen LogP contribution in [0, 0.1) is 19.8 Å². The van der Waals surface area contributed by atoms with E-state index in [1.54, 1.807) is 0 Å². The van der Waals surface area contributed by atoms with Gasteiger partial charge in [-0.05, 0) is 44.6 Å². The largest absolute Gasteiger partial charge is 0.396 e. The maximum atomic E-state index is 9.01. The first-order chi connectivity index (χ1) is 6.72. The Hall–Kier alpha value is -0.830. The average Bonchev–Trinajstić information content (AvgIpc) is 2.91. The van der Waals surface area contributed by atoms with E-state index >= 15 is 0 Å². The second kappa shape index (κ2) is 3.73. The van der Waals surface area contributed by atoms with Crippen LogP contribution in [-0.4, -0.2) is 21.5 Å². The van der Waals surface area contributed by atoms with E-state index in [1.807, 2.05) is 6.92 Å². The van der Waals surface area contributed by atoms with E-state index in [1.165, 1.54) is 18.4 Å². The second-order valence-electron chi connectivity index (χ2n) is 4.29. The Bertz CT molecular complexity index is 296. The van der Waals surface area contributed by atoms with Crippen molar-refractivity contribution in [3.05, 3.63) is 17.5 Å². The fraction of sp³-hybridized carbons (Fsp3) is 0.727. The molecule has 0 saturated heterocycles. The third kappa shape index (κ3) is 1.82. The van der Waals surface area contributed by atoms with Gasteiger partial charge >= 0.3 is 0 Å². The van der Waals surface area contributed by atoms with Crippen LogP contribution in [0.1, 0.15) is 36.6 Å². The number of aromatic nitrogens is 2. The molecule has 1 aliphatic carbocycles. The van der Waals surface area contributed by atoms with Gasteiger partial charge in [0.05, 0.1) is 11.7 Å². The lowest BCUT2D eigenvalue weighted by molar-refractivity contribution is 0.239. The van der Waals surface area contributed by atoms with Crippen LogP contribution < -0.4 is 0 Å². The predicted molar refractivity (Wildman–Crippen MR) is 55.2 cm³/mol. The molecule has 1 saturated carbocycles. The number of rotatable bonds is 4. The van der Waals surface area contributed by atoms with Gasteiger partial charge in [0.25, 0.3) is 0 Å². The van der Waals surface area contributed by atoms with E-state index in [0.717, 1.165) is 18.0 Å². The Morgan fingerprint density at radius 3 is 2.71 bits per heavy atom. The second-order valence-corrected chi connectivity index (χ2v) is 4.29. The third-order valence-electron chi connectivity index (χ3n) is 3.09. The normalized spacial score (nSPS) is 18.5. The number of hydrogen-bond donors (Lipinski definition) is 1. The number of aliphatic hydroxyl groups excluding tert-OH is 1. The third-order valence-corrected chi connectivity index (χ3v) is 3.09. The van der Waals surface area contributed by atoms with Crippen LogP contribution in [0.15, 0.2) is 6.20 Å². The topological polar surface area (TPSA) is 38.0 Å². The van der Waals surface area contributed by atoms with Gasteiger partial charge < -0.3 is 5.11 Å². The van der Waals surface area contributed by atoms with Crippen molar-refractivity contribution in [1.82, 2.24) is 9.78 Å². The van der Waals surface area contributed by atoms with E-state index < -0.39 is 0 Å². The fourth-order valence-corrected chi connectivity index (χ4v) is 1.94. The van der Waals surface area contributed by atoms with Gasteiger partial charge in [0.15, 0.2) is 0 Å². The van der Waals surface area contributed by atoms with Crippen LogP contribution in [0.3, 0.4) is 0 Å². The van der Waals surface area contributed by atoms with Gasteiger partial charge in [-0.3, -0.25) is 4.68 Å². The van der Waals surface area contributed by atoms with Gasteiger partial charge in [0.1, 0.15) is 0 Å². The minimum atomic E-state index is 0.263. The average molecular weight is 194 g/mol. The van der Waals surface area contributed by atoms with Crippen LogP contribution in [0.4, 0.5) is 0 Å². The van der Waals surface area contributed by atoms with Gasteiger partial charge in [-0.15, -0.1) is 0 Å². The van der Waals surface area contributed by atoms with E-state index in [2.05, 4.69) is 22.9 Å². The molecular weight excluding hydrogens is 176 g/mol. The standard InChI is InChI=1S/C11H18N2O/c1-8-7-13(12-9(8)2)11(5-6-14)10-3-4-10/h7,10-11,14H,3-6H2,1-2H3. The van der Waals surface area contributed by atoms with Crippen molar-refractivity contribution < 1.29 is 5.11 Å². The molecule has 0 amide bonds. The predicted octanol–water partition coefficient (Wildman–Crippen LogP) is 1.83. The summed E-state index contributed by atoms with van der Waals surface area (Å²) < 4.78 is 2.05. The summed E-state index contributed by atoms with van der Waals surface area (Å²) in [7, 11) is 0. The highest BCUT2D eigenvalue weighted by Gasteiger charge is 2.32. The maximum Gasteiger partial charge on any atom is 0.0622 e. The van der Waals surface area contributed by atoms with Gasteiger partial charge in [-0.25, -0.2) is 0 Å². The molecule has 0 radical (unpaired) electrons. The molecule has 0 aromatic carbocycles. The molecule has 3 heteroatoms. The Balaban J connectivity index is 2.16. The maximum absolute atomic E-state index is 9.01. The highest BCUT2D eigenvalue weighted by molar-refractivity contribution is 5.13. The first kappa shape index (κ1) is 9.71. The van der Waals surface area contributed by atoms with E-state index in [4.69, 9.17) is 5.11 Å². The summed E-state index contributed by atoms with van der Waals surface area (Å²) in [5, 5.41) is 13.5. The van der Waals surface area contributed by atoms with E-state index in [0.29, 0.717) is 6.04 Å². The first-order valence-corrected chi connectivity index (χ1v) is 5.35. The molecule has 1 heterocycles. The fourth-order valence-electron chi connectivity index (χ4n) is 1.94. The van der Waals surface area contributed by atoms with Crippen LogP contribution in [-0.2, 0) is 0 Å². The smallest absolute Gasteiger partial charge is 0.0622 e. The molecule has 1 fully saturated rings. The van der Waals surface area contributed by atoms with Crippen LogP contribution in [0.5, 0.6) is 0 Å². The summed E-state index contributed by atoms with van der Waals surface area (Å²) in [4.78, 5) is 0. The minimum Gasteiger partial charge on any atom is -0.396 e. The highest BCUT2D eigenvalue weighted by Crippen LogP contribution is 2.41. The molecule has 14 heavy (non-hydrogen) atoms. The van der Waals surface area contributed by atoms with Crippen molar-refractivity contribution in [2.75, 3.05) is 6.61 Å². The molecule has 0 aliphatic heterocycles. The lowest BCUT2D eigenvalue weighted by Crippen LogP contribution is -2.13. The molecule has 1 N–H and O–H groups in total. The summed E-state index contributed by atoms with van der Waals surface area (Å²) in [5.41, 5.74) is 2.35. The lowest BCUT2D eigenvalue weighted by atomic mass is 10.1. The molecule has 1 aliphatic rings. The van der Waals surface area contributed by atoms with Crippen molar-refractivity contribution in [1.29, 1.82) is 0 Å². The van der Waals surface area contributed by atoms with Crippen LogP contribution in [0.25, 0.3) is 0 Å². The summed E-state index contributed by atoms with van der Waals surface area (Å²) in [6, 6.07) is 0.424. The SMILES string of the molecule is Cc1cn(C(CCO)C2CC2)nc1C. The zero-order valence-corrected chi connectivity index (χ0v) is 8.90. The van der Waals surface area contributed by atoms with Crippen molar-refractivity contribution in [3.63, 3.8) is 0 Å². The quantitative estimate of drug-likeness (QED) is 0.794. The van der Waals surface area contributed by atoms with Crippen molar-refractivity contribution in [2.24, 2.45) is 5.92 Å². The number of aryl methyl sites for hydroxylation is 2. The van der Waals surface area contributed by atoms with Gasteiger partial charge in [0.2, 0.25) is 0 Å². The molecular formula is C11H18N2O. The van der Waals surface area contributed by atoms with Gasteiger partial charge in [0, 0.05) is 12.8 Å². The monoisotopic (exact) mass is 194 g/mol. The Kier molecular flexibility index (Phi) is 2.59. The molecule has 1 aromatic rings. The van der Waals surface area contributed by atoms with E-state index in [9.17, 15) is 0 Å². The van der Waals surface area contributed by atoms with Gasteiger partial charge in [-0.1, -0.05) is 0 Å². The van der Waals surface area contributed by atoms with Crippen LogP contribution >= 0.6 is 0 Å². The molecule has 0 bridgehead atoms. The number of aliphatic hydroxyl groups is 1. The lowest BCUT2D eigenvalue weighted by Gasteiger charge is -2.15. The molecule has 0 spiro atoms. The van der Waals surface area contributed by atoms with Crippen molar-refractivity contribution in [3.8, 4) is 0 Å². The summed E-state index contributed by atoms with van der Waals surface area (Å²) in [6.45, 7) is 4.38. The molecule has 1 atom stereocenters. The zero-order valence-electron chi connectivity index (χ0n) is 8.90. The number of nitrogens with zero attached hydrogens (tertiary/aromatic N) is 2. The first-order valence-electron chi connectivity index (χ1n) is 5.35.